The van der Waals surface area contributed by atoms with Gasteiger partial charge in [-0.1, -0.05) is 50.8 Å². The van der Waals surface area contributed by atoms with E-state index in [1.54, 1.807) is 38.1 Å². The molecule has 0 fully saturated rings. The lowest BCUT2D eigenvalue weighted by Crippen LogP contribution is -2.42. The van der Waals surface area contributed by atoms with E-state index in [4.69, 9.17) is 5.11 Å². The summed E-state index contributed by atoms with van der Waals surface area (Å²) in [6.45, 7) is 6.88. The number of benzene rings is 1. The van der Waals surface area contributed by atoms with Crippen molar-refractivity contribution in [2.45, 2.75) is 20.3 Å². The highest BCUT2D eigenvalue weighted by Crippen LogP contribution is 2.39. The van der Waals surface area contributed by atoms with Crippen LogP contribution < -0.4 is 0 Å². The molecule has 102 valence electrons. The third-order valence-corrected chi connectivity index (χ3v) is 3.49. The van der Waals surface area contributed by atoms with Crippen molar-refractivity contribution in [2.24, 2.45) is 11.3 Å². The topological polar surface area (TPSA) is 74.6 Å². The SMILES string of the molecule is C=C(C(=O)O)C(Cc1ccccc1)(C(=O)O)C(C)C. The molecule has 19 heavy (non-hydrogen) atoms. The van der Waals surface area contributed by atoms with E-state index >= 15 is 0 Å². The van der Waals surface area contributed by atoms with Crippen LogP contribution in [-0.2, 0) is 16.0 Å². The minimum atomic E-state index is -1.49. The van der Waals surface area contributed by atoms with Crippen LogP contribution in [0, 0.1) is 11.3 Å². The Morgan fingerprint density at radius 3 is 2.11 bits per heavy atom. The molecule has 0 amide bonds. The second kappa shape index (κ2) is 5.69. The summed E-state index contributed by atoms with van der Waals surface area (Å²) in [7, 11) is 0. The van der Waals surface area contributed by atoms with Gasteiger partial charge in [0, 0.05) is 5.57 Å². The van der Waals surface area contributed by atoms with E-state index < -0.39 is 17.4 Å². The number of hydrogen-bond acceptors (Lipinski definition) is 2. The lowest BCUT2D eigenvalue weighted by Gasteiger charge is -2.33. The normalized spacial score (nSPS) is 13.8. The maximum atomic E-state index is 11.7. The summed E-state index contributed by atoms with van der Waals surface area (Å²) < 4.78 is 0. The van der Waals surface area contributed by atoms with Gasteiger partial charge in [0.25, 0.3) is 0 Å². The van der Waals surface area contributed by atoms with Gasteiger partial charge < -0.3 is 10.2 Å². The van der Waals surface area contributed by atoms with E-state index in [0.29, 0.717) is 0 Å². The van der Waals surface area contributed by atoms with Crippen LogP contribution in [0.5, 0.6) is 0 Å². The van der Waals surface area contributed by atoms with Gasteiger partial charge >= 0.3 is 11.9 Å². The number of hydrogen-bond donors (Lipinski definition) is 2. The first-order chi connectivity index (χ1) is 8.82. The molecule has 0 aliphatic rings. The molecule has 0 bridgehead atoms. The van der Waals surface area contributed by atoms with Crippen LogP contribution in [0.15, 0.2) is 42.5 Å². The zero-order valence-electron chi connectivity index (χ0n) is 11.1. The number of carboxylic acids is 2. The molecule has 1 aromatic rings. The predicted molar refractivity (Wildman–Crippen MR) is 71.8 cm³/mol. The molecule has 1 aromatic carbocycles. The maximum absolute atomic E-state index is 11.7. The Kier molecular flexibility index (Phi) is 4.48. The van der Waals surface area contributed by atoms with Crippen molar-refractivity contribution in [1.82, 2.24) is 0 Å². The molecule has 0 aliphatic heterocycles. The first-order valence-electron chi connectivity index (χ1n) is 6.02. The molecular weight excluding hydrogens is 244 g/mol. The summed E-state index contributed by atoms with van der Waals surface area (Å²) in [4.78, 5) is 22.9. The monoisotopic (exact) mass is 262 g/mol. The smallest absolute Gasteiger partial charge is 0.332 e. The molecule has 0 saturated carbocycles. The maximum Gasteiger partial charge on any atom is 0.332 e. The lowest BCUT2D eigenvalue weighted by molar-refractivity contribution is -0.152. The lowest BCUT2D eigenvalue weighted by atomic mass is 9.68. The highest BCUT2D eigenvalue weighted by atomic mass is 16.4. The standard InChI is InChI=1S/C15H18O4/c1-10(2)15(14(18)19,11(3)13(16)17)9-12-7-5-4-6-8-12/h4-8,10H,3,9H2,1-2H3,(H,16,17)(H,18,19). The fourth-order valence-corrected chi connectivity index (χ4v) is 2.22. The molecule has 0 aromatic heterocycles. The van der Waals surface area contributed by atoms with Gasteiger partial charge in [-0.05, 0) is 17.9 Å². The van der Waals surface area contributed by atoms with Crippen molar-refractivity contribution in [3.8, 4) is 0 Å². The van der Waals surface area contributed by atoms with Crippen molar-refractivity contribution >= 4 is 11.9 Å². The van der Waals surface area contributed by atoms with Crippen molar-refractivity contribution < 1.29 is 19.8 Å². The van der Waals surface area contributed by atoms with Crippen LogP contribution in [0.4, 0.5) is 0 Å². The van der Waals surface area contributed by atoms with Crippen LogP contribution in [0.1, 0.15) is 19.4 Å². The molecule has 1 unspecified atom stereocenters. The molecule has 2 N–H and O–H groups in total. The average molecular weight is 262 g/mol. The third kappa shape index (κ3) is 2.84. The van der Waals surface area contributed by atoms with Gasteiger partial charge in [0.1, 0.15) is 5.41 Å². The first kappa shape index (κ1) is 15.0. The number of aliphatic carboxylic acids is 2. The molecule has 0 spiro atoms. The van der Waals surface area contributed by atoms with Crippen molar-refractivity contribution in [1.29, 1.82) is 0 Å². The summed E-state index contributed by atoms with van der Waals surface area (Å²) in [6, 6.07) is 9.00. The van der Waals surface area contributed by atoms with Gasteiger partial charge in [0.2, 0.25) is 0 Å². The molecule has 4 heteroatoms. The van der Waals surface area contributed by atoms with E-state index in [-0.39, 0.29) is 17.9 Å². The molecular formula is C15H18O4. The van der Waals surface area contributed by atoms with Crippen LogP contribution in [0.25, 0.3) is 0 Å². The van der Waals surface area contributed by atoms with Crippen molar-refractivity contribution in [3.63, 3.8) is 0 Å². The van der Waals surface area contributed by atoms with Crippen LogP contribution in [0.3, 0.4) is 0 Å². The minimum absolute atomic E-state index is 0.117. The predicted octanol–water partition coefficient (Wildman–Crippen LogP) is 2.60. The average Bonchev–Trinajstić information content (AvgIpc) is 2.35. The molecule has 0 saturated heterocycles. The molecule has 0 heterocycles. The van der Waals surface area contributed by atoms with E-state index in [1.807, 2.05) is 6.07 Å². The largest absolute Gasteiger partial charge is 0.481 e. The quantitative estimate of drug-likeness (QED) is 0.773. The van der Waals surface area contributed by atoms with Crippen LogP contribution >= 0.6 is 0 Å². The second-order valence-electron chi connectivity index (χ2n) is 4.88. The molecule has 0 aliphatic carbocycles. The van der Waals surface area contributed by atoms with E-state index in [1.165, 1.54) is 0 Å². The fourth-order valence-electron chi connectivity index (χ4n) is 2.22. The van der Waals surface area contributed by atoms with Crippen molar-refractivity contribution in [2.75, 3.05) is 0 Å². The summed E-state index contributed by atoms with van der Waals surface area (Å²) in [5.41, 5.74) is -0.993. The number of carboxylic acid groups (broad SMARTS) is 2. The summed E-state index contributed by atoms with van der Waals surface area (Å²) in [6.07, 6.45) is 0.117. The Balaban J connectivity index is 3.29. The zero-order valence-corrected chi connectivity index (χ0v) is 11.1. The van der Waals surface area contributed by atoms with E-state index in [9.17, 15) is 14.7 Å². The van der Waals surface area contributed by atoms with Gasteiger partial charge in [-0.3, -0.25) is 4.79 Å². The Morgan fingerprint density at radius 2 is 1.74 bits per heavy atom. The second-order valence-corrected chi connectivity index (χ2v) is 4.88. The van der Waals surface area contributed by atoms with Crippen LogP contribution in [-0.4, -0.2) is 22.2 Å². The Hall–Kier alpha value is -2.10. The summed E-state index contributed by atoms with van der Waals surface area (Å²) in [5.74, 6) is -2.81. The van der Waals surface area contributed by atoms with Crippen LogP contribution in [0.2, 0.25) is 0 Å². The Bertz CT molecular complexity index is 490. The Labute approximate surface area is 112 Å². The molecule has 0 radical (unpaired) electrons. The zero-order chi connectivity index (χ0) is 14.6. The molecule has 1 rings (SSSR count). The van der Waals surface area contributed by atoms with Gasteiger partial charge in [-0.15, -0.1) is 0 Å². The number of rotatable bonds is 6. The molecule has 4 nitrogen and oxygen atoms in total. The fraction of sp³-hybridized carbons (Fsp3) is 0.333. The highest BCUT2D eigenvalue weighted by Gasteiger charge is 2.47. The summed E-state index contributed by atoms with van der Waals surface area (Å²) in [5, 5.41) is 18.7. The van der Waals surface area contributed by atoms with E-state index in [0.717, 1.165) is 5.56 Å². The third-order valence-electron chi connectivity index (χ3n) is 3.49. The molecule has 1 atom stereocenters. The van der Waals surface area contributed by atoms with Gasteiger partial charge in [0.05, 0.1) is 0 Å². The first-order valence-corrected chi connectivity index (χ1v) is 6.02. The van der Waals surface area contributed by atoms with Gasteiger partial charge in [-0.2, -0.15) is 0 Å². The van der Waals surface area contributed by atoms with Crippen molar-refractivity contribution in [3.05, 3.63) is 48.0 Å². The highest BCUT2D eigenvalue weighted by molar-refractivity contribution is 5.96. The van der Waals surface area contributed by atoms with Gasteiger partial charge in [-0.25, -0.2) is 4.79 Å². The van der Waals surface area contributed by atoms with E-state index in [2.05, 4.69) is 6.58 Å². The van der Waals surface area contributed by atoms with Gasteiger partial charge in [0.15, 0.2) is 0 Å². The minimum Gasteiger partial charge on any atom is -0.481 e. The summed E-state index contributed by atoms with van der Waals surface area (Å²) >= 11 is 0. The Morgan fingerprint density at radius 1 is 1.21 bits per heavy atom. The number of carbonyl (C=O) groups is 2.